The van der Waals surface area contributed by atoms with E-state index in [1.54, 1.807) is 48.4 Å². The molecule has 3 rings (SSSR count). The Labute approximate surface area is 182 Å². The second-order valence-electron chi connectivity index (χ2n) is 7.18. The molecule has 2 aromatic carbocycles. The van der Waals surface area contributed by atoms with Crippen LogP contribution in [0.5, 0.6) is 0 Å². The molecule has 0 fully saturated rings. The van der Waals surface area contributed by atoms with Crippen LogP contribution in [0, 0.1) is 12.7 Å². The molecule has 7 nitrogen and oxygen atoms in total. The molecule has 0 saturated heterocycles. The average molecular weight is 444 g/mol. The Balaban J connectivity index is 1.68. The minimum absolute atomic E-state index is 0.325. The maximum absolute atomic E-state index is 14.4. The van der Waals surface area contributed by atoms with Crippen LogP contribution in [0.2, 0.25) is 0 Å². The van der Waals surface area contributed by atoms with E-state index in [2.05, 4.69) is 20.6 Å². The van der Waals surface area contributed by atoms with Crippen LogP contribution in [0.15, 0.2) is 65.0 Å². The van der Waals surface area contributed by atoms with Crippen molar-refractivity contribution in [3.05, 3.63) is 77.6 Å². The molecule has 164 valence electrons. The highest BCUT2D eigenvalue weighted by molar-refractivity contribution is 7.90. The Kier molecular flexibility index (Phi) is 7.06. The Morgan fingerprint density at radius 2 is 1.94 bits per heavy atom. The molecule has 0 saturated carbocycles. The van der Waals surface area contributed by atoms with E-state index in [0.717, 1.165) is 11.1 Å². The lowest BCUT2D eigenvalue weighted by atomic mass is 10.1. The fourth-order valence-corrected chi connectivity index (χ4v) is 4.15. The lowest BCUT2D eigenvalue weighted by Crippen LogP contribution is -2.36. The first-order chi connectivity index (χ1) is 14.8. The third kappa shape index (κ3) is 5.91. The van der Waals surface area contributed by atoms with Gasteiger partial charge in [0, 0.05) is 31.7 Å². The molecule has 1 aromatic heterocycles. The summed E-state index contributed by atoms with van der Waals surface area (Å²) in [4.78, 5) is 8.82. The molecule has 0 aliphatic rings. The van der Waals surface area contributed by atoms with Gasteiger partial charge in [0.25, 0.3) is 0 Å². The van der Waals surface area contributed by atoms with Crippen LogP contribution in [0.1, 0.15) is 23.6 Å². The van der Waals surface area contributed by atoms with Crippen molar-refractivity contribution in [3.63, 3.8) is 0 Å². The van der Waals surface area contributed by atoms with E-state index in [9.17, 15) is 12.8 Å². The van der Waals surface area contributed by atoms with Gasteiger partial charge in [-0.05, 0) is 48.7 Å². The highest BCUT2D eigenvalue weighted by atomic mass is 32.2. The molecule has 31 heavy (non-hydrogen) atoms. The molecular formula is C22H26FN5O2S. The summed E-state index contributed by atoms with van der Waals surface area (Å²) < 4.78 is 39.6. The molecule has 0 aliphatic heterocycles. The summed E-state index contributed by atoms with van der Waals surface area (Å²) in [6.45, 7) is 5.19. The van der Waals surface area contributed by atoms with E-state index in [0.29, 0.717) is 41.7 Å². The van der Waals surface area contributed by atoms with E-state index in [4.69, 9.17) is 0 Å². The maximum Gasteiger partial charge on any atom is 0.191 e. The number of rotatable bonds is 7. The molecule has 0 aliphatic carbocycles. The standard InChI is InChI=1S/C22H26FN5O2S/c1-4-25-22(26-13-17-6-8-21(16(2)11-17)31(3,29)30)27-14-18-5-7-20(19(23)12-18)28-10-9-24-15-28/h5-12,15H,4,13-14H2,1-3H3,(H2,25,26,27). The lowest BCUT2D eigenvalue weighted by Gasteiger charge is -2.13. The number of nitrogens with zero attached hydrogens (tertiary/aromatic N) is 3. The van der Waals surface area contributed by atoms with Gasteiger partial charge in [-0.15, -0.1) is 0 Å². The first-order valence-corrected chi connectivity index (χ1v) is 11.8. The largest absolute Gasteiger partial charge is 0.357 e. The van der Waals surface area contributed by atoms with Crippen molar-refractivity contribution >= 4 is 15.8 Å². The summed E-state index contributed by atoms with van der Waals surface area (Å²) in [5.74, 6) is 0.257. The number of halogens is 1. The molecule has 0 unspecified atom stereocenters. The summed E-state index contributed by atoms with van der Waals surface area (Å²) in [5, 5.41) is 6.35. The number of imidazole rings is 1. The minimum Gasteiger partial charge on any atom is -0.357 e. The molecule has 2 N–H and O–H groups in total. The van der Waals surface area contributed by atoms with E-state index < -0.39 is 9.84 Å². The minimum atomic E-state index is -3.25. The number of hydrogen-bond donors (Lipinski definition) is 2. The van der Waals surface area contributed by atoms with Crippen molar-refractivity contribution < 1.29 is 12.8 Å². The van der Waals surface area contributed by atoms with Gasteiger partial charge < -0.3 is 15.2 Å². The molecule has 0 radical (unpaired) electrons. The first-order valence-electron chi connectivity index (χ1n) is 9.86. The predicted octanol–water partition coefficient (Wildman–Crippen LogP) is 2.98. The van der Waals surface area contributed by atoms with Crippen molar-refractivity contribution in [2.24, 2.45) is 4.99 Å². The van der Waals surface area contributed by atoms with Gasteiger partial charge in [0.15, 0.2) is 15.8 Å². The van der Waals surface area contributed by atoms with E-state index >= 15 is 0 Å². The van der Waals surface area contributed by atoms with Gasteiger partial charge in [-0.1, -0.05) is 18.2 Å². The summed E-state index contributed by atoms with van der Waals surface area (Å²) in [7, 11) is -3.25. The van der Waals surface area contributed by atoms with Gasteiger partial charge in [-0.25, -0.2) is 22.8 Å². The topological polar surface area (TPSA) is 88.4 Å². The zero-order valence-corrected chi connectivity index (χ0v) is 18.6. The van der Waals surface area contributed by atoms with Gasteiger partial charge in [-0.2, -0.15) is 0 Å². The molecule has 0 bridgehead atoms. The van der Waals surface area contributed by atoms with Crippen LogP contribution < -0.4 is 10.6 Å². The number of aliphatic imine (C=N–C) groups is 1. The van der Waals surface area contributed by atoms with Crippen LogP contribution in [0.25, 0.3) is 5.69 Å². The van der Waals surface area contributed by atoms with E-state index in [-0.39, 0.29) is 5.82 Å². The number of aromatic nitrogens is 2. The van der Waals surface area contributed by atoms with Gasteiger partial charge in [-0.3, -0.25) is 0 Å². The smallest absolute Gasteiger partial charge is 0.191 e. The first kappa shape index (κ1) is 22.5. The summed E-state index contributed by atoms with van der Waals surface area (Å²) >= 11 is 0. The Morgan fingerprint density at radius 3 is 2.55 bits per heavy atom. The summed E-state index contributed by atoms with van der Waals surface area (Å²) in [5.41, 5.74) is 2.81. The molecule has 9 heteroatoms. The maximum atomic E-state index is 14.4. The van der Waals surface area contributed by atoms with Gasteiger partial charge in [0.1, 0.15) is 5.82 Å². The molecule has 0 spiro atoms. The number of aryl methyl sites for hydroxylation is 1. The normalized spacial score (nSPS) is 12.1. The lowest BCUT2D eigenvalue weighted by molar-refractivity contribution is 0.601. The van der Waals surface area contributed by atoms with Crippen molar-refractivity contribution in [1.82, 2.24) is 20.2 Å². The Morgan fingerprint density at radius 1 is 1.16 bits per heavy atom. The zero-order chi connectivity index (χ0) is 22.4. The molecule has 3 aromatic rings. The van der Waals surface area contributed by atoms with Crippen LogP contribution in [0.3, 0.4) is 0 Å². The Bertz CT molecular complexity index is 1170. The van der Waals surface area contributed by atoms with Crippen molar-refractivity contribution in [3.8, 4) is 5.69 Å². The number of hydrogen-bond acceptors (Lipinski definition) is 4. The predicted molar refractivity (Wildman–Crippen MR) is 119 cm³/mol. The number of benzene rings is 2. The average Bonchev–Trinajstić information content (AvgIpc) is 3.23. The summed E-state index contributed by atoms with van der Waals surface area (Å²) in [6.07, 6.45) is 6.04. The SMILES string of the molecule is CCNC(=NCc1ccc(S(C)(=O)=O)c(C)c1)NCc1ccc(-n2ccnc2)c(F)c1. The quantitative estimate of drug-likeness (QED) is 0.433. The zero-order valence-electron chi connectivity index (χ0n) is 17.8. The fraction of sp³-hybridized carbons (Fsp3) is 0.273. The van der Waals surface area contributed by atoms with Crippen molar-refractivity contribution in [2.45, 2.75) is 31.8 Å². The van der Waals surface area contributed by atoms with Crippen LogP contribution >= 0.6 is 0 Å². The monoisotopic (exact) mass is 443 g/mol. The fourth-order valence-electron chi connectivity index (χ4n) is 3.20. The highest BCUT2D eigenvalue weighted by Crippen LogP contribution is 2.17. The van der Waals surface area contributed by atoms with Gasteiger partial charge in [0.05, 0.1) is 23.5 Å². The Hall–Kier alpha value is -3.20. The second kappa shape index (κ2) is 9.74. The third-order valence-corrected chi connectivity index (χ3v) is 5.91. The van der Waals surface area contributed by atoms with Crippen LogP contribution in [-0.2, 0) is 22.9 Å². The van der Waals surface area contributed by atoms with Gasteiger partial charge >= 0.3 is 0 Å². The second-order valence-corrected chi connectivity index (χ2v) is 9.16. The molecular weight excluding hydrogens is 417 g/mol. The van der Waals surface area contributed by atoms with Crippen LogP contribution in [-0.4, -0.2) is 36.7 Å². The number of sulfone groups is 1. The third-order valence-electron chi connectivity index (χ3n) is 4.66. The molecule has 1 heterocycles. The van der Waals surface area contributed by atoms with Crippen molar-refractivity contribution in [1.29, 1.82) is 0 Å². The van der Waals surface area contributed by atoms with E-state index in [1.807, 2.05) is 19.1 Å². The van der Waals surface area contributed by atoms with E-state index in [1.165, 1.54) is 12.3 Å². The number of guanidine groups is 1. The number of nitrogens with one attached hydrogen (secondary N) is 2. The molecule has 0 atom stereocenters. The van der Waals surface area contributed by atoms with Gasteiger partial charge in [0.2, 0.25) is 0 Å². The van der Waals surface area contributed by atoms with Crippen molar-refractivity contribution in [2.75, 3.05) is 12.8 Å². The molecule has 0 amide bonds. The van der Waals surface area contributed by atoms with Crippen LogP contribution in [0.4, 0.5) is 4.39 Å². The summed E-state index contributed by atoms with van der Waals surface area (Å²) in [6, 6.07) is 10.3. The highest BCUT2D eigenvalue weighted by Gasteiger charge is 2.11.